The van der Waals surface area contributed by atoms with Crippen LogP contribution >= 0.6 is 0 Å². The van der Waals surface area contributed by atoms with E-state index in [0.717, 1.165) is 22.9 Å². The Morgan fingerprint density at radius 2 is 1.97 bits per heavy atom. The maximum Gasteiger partial charge on any atom is 0.341 e. The molecule has 31 heavy (non-hydrogen) atoms. The highest BCUT2D eigenvalue weighted by Gasteiger charge is 2.26. The molecule has 0 bridgehead atoms. The Hall–Kier alpha value is -3.60. The van der Waals surface area contributed by atoms with Gasteiger partial charge in [-0.1, -0.05) is 0 Å². The molecule has 162 valence electrons. The van der Waals surface area contributed by atoms with Gasteiger partial charge in [0, 0.05) is 38.4 Å². The van der Waals surface area contributed by atoms with Crippen molar-refractivity contribution < 1.29 is 23.1 Å². The summed E-state index contributed by atoms with van der Waals surface area (Å²) in [6, 6.07) is 2.43. The number of pyridine rings is 2. The van der Waals surface area contributed by atoms with Crippen molar-refractivity contribution in [1.82, 2.24) is 9.55 Å². The van der Waals surface area contributed by atoms with Crippen LogP contribution < -0.4 is 21.4 Å². The minimum absolute atomic E-state index is 0.0621. The third-order valence-corrected chi connectivity index (χ3v) is 5.23. The summed E-state index contributed by atoms with van der Waals surface area (Å²) in [5, 5.41) is 11.6. The minimum Gasteiger partial charge on any atom is -0.477 e. The molecule has 1 aliphatic rings. The van der Waals surface area contributed by atoms with Crippen molar-refractivity contribution in [2.75, 3.05) is 30.4 Å². The van der Waals surface area contributed by atoms with Crippen LogP contribution in [-0.2, 0) is 0 Å². The molecule has 0 aliphatic carbocycles. The zero-order valence-electron chi connectivity index (χ0n) is 16.3. The smallest absolute Gasteiger partial charge is 0.341 e. The number of hydrogen-bond acceptors (Lipinski definition) is 6. The molecule has 0 unspecified atom stereocenters. The standard InChI is InChI=1S/C20H18F3N5O3/c1-25-15-6-16(13(22)5-12(15)21)28-8-11(20(30)31)17(29)10-4-14(23)19(26-18(10)28)27-3-2-9(24)7-27/h4-6,8-9,25H,2-3,7,24H2,1H3,(H,30,31)/t9-/m0/s1. The fourth-order valence-corrected chi connectivity index (χ4v) is 3.67. The number of aromatic nitrogens is 2. The molecule has 1 atom stereocenters. The Morgan fingerprint density at radius 3 is 2.58 bits per heavy atom. The number of nitrogens with zero attached hydrogens (tertiary/aromatic N) is 3. The van der Waals surface area contributed by atoms with Gasteiger partial charge in [0.2, 0.25) is 5.43 Å². The molecule has 1 aromatic carbocycles. The number of carbonyl (C=O) groups is 1. The molecule has 3 heterocycles. The van der Waals surface area contributed by atoms with Gasteiger partial charge in [-0.25, -0.2) is 22.9 Å². The highest BCUT2D eigenvalue weighted by molar-refractivity contribution is 5.92. The van der Waals surface area contributed by atoms with E-state index in [1.807, 2.05) is 0 Å². The first-order valence-electron chi connectivity index (χ1n) is 9.38. The number of hydrogen-bond donors (Lipinski definition) is 3. The van der Waals surface area contributed by atoms with Crippen LogP contribution in [0.3, 0.4) is 0 Å². The fourth-order valence-electron chi connectivity index (χ4n) is 3.67. The monoisotopic (exact) mass is 433 g/mol. The molecule has 8 nitrogen and oxygen atoms in total. The summed E-state index contributed by atoms with van der Waals surface area (Å²) >= 11 is 0. The van der Waals surface area contributed by atoms with Crippen LogP contribution in [0.1, 0.15) is 16.8 Å². The topological polar surface area (TPSA) is 113 Å². The average molecular weight is 433 g/mol. The molecule has 3 aromatic rings. The van der Waals surface area contributed by atoms with Crippen LogP contribution in [-0.4, -0.2) is 46.8 Å². The van der Waals surface area contributed by atoms with Crippen LogP contribution in [0.25, 0.3) is 16.7 Å². The average Bonchev–Trinajstić information content (AvgIpc) is 3.14. The van der Waals surface area contributed by atoms with Gasteiger partial charge in [-0.2, -0.15) is 0 Å². The first kappa shape index (κ1) is 20.7. The molecular formula is C20H18F3N5O3. The maximum atomic E-state index is 14.8. The lowest BCUT2D eigenvalue weighted by Gasteiger charge is -2.20. The molecule has 0 radical (unpaired) electrons. The van der Waals surface area contributed by atoms with E-state index in [1.54, 1.807) is 4.90 Å². The summed E-state index contributed by atoms with van der Waals surface area (Å²) in [6.45, 7) is 0.768. The van der Waals surface area contributed by atoms with Crippen LogP contribution in [0.2, 0.25) is 0 Å². The van der Waals surface area contributed by atoms with Crippen molar-refractivity contribution >= 4 is 28.5 Å². The molecule has 4 N–H and O–H groups in total. The Labute approximate surface area is 173 Å². The third-order valence-electron chi connectivity index (χ3n) is 5.23. The second kappa shape index (κ2) is 7.58. The SMILES string of the molecule is CNc1cc(-n2cc(C(=O)O)c(=O)c3cc(F)c(N4CC[C@H](N)C4)nc32)c(F)cc1F. The molecule has 1 saturated heterocycles. The lowest BCUT2D eigenvalue weighted by atomic mass is 10.1. The Morgan fingerprint density at radius 1 is 1.23 bits per heavy atom. The molecule has 2 aromatic heterocycles. The number of anilines is 2. The van der Waals surface area contributed by atoms with Gasteiger partial charge in [0.25, 0.3) is 0 Å². The van der Waals surface area contributed by atoms with Gasteiger partial charge in [0.1, 0.15) is 17.2 Å². The number of carboxylic acids is 1. The Kier molecular flexibility index (Phi) is 5.05. The largest absolute Gasteiger partial charge is 0.477 e. The van der Waals surface area contributed by atoms with Gasteiger partial charge in [-0.15, -0.1) is 0 Å². The highest BCUT2D eigenvalue weighted by Crippen LogP contribution is 2.28. The summed E-state index contributed by atoms with van der Waals surface area (Å²) in [7, 11) is 1.43. The minimum atomic E-state index is -1.58. The summed E-state index contributed by atoms with van der Waals surface area (Å²) < 4.78 is 44.5. The van der Waals surface area contributed by atoms with E-state index in [2.05, 4.69) is 10.3 Å². The van der Waals surface area contributed by atoms with Crippen molar-refractivity contribution in [3.8, 4) is 5.69 Å². The lowest BCUT2D eigenvalue weighted by molar-refractivity contribution is 0.0695. The van der Waals surface area contributed by atoms with Crippen LogP contribution in [0.15, 0.2) is 29.2 Å². The number of nitrogens with two attached hydrogens (primary N) is 1. The summed E-state index contributed by atoms with van der Waals surface area (Å²) in [5.74, 6) is -4.38. The van der Waals surface area contributed by atoms with Crippen molar-refractivity contribution in [3.05, 3.63) is 57.6 Å². The fraction of sp³-hybridized carbons (Fsp3) is 0.250. The second-order valence-electron chi connectivity index (χ2n) is 7.24. The van der Waals surface area contributed by atoms with Gasteiger partial charge in [0.05, 0.1) is 16.8 Å². The van der Waals surface area contributed by atoms with Gasteiger partial charge < -0.3 is 21.1 Å². The Bertz CT molecular complexity index is 1280. The van der Waals surface area contributed by atoms with E-state index < -0.39 is 34.4 Å². The molecule has 4 rings (SSSR count). The van der Waals surface area contributed by atoms with Gasteiger partial charge in [-0.05, 0) is 18.6 Å². The number of nitrogens with one attached hydrogen (secondary N) is 1. The summed E-state index contributed by atoms with van der Waals surface area (Å²) in [4.78, 5) is 30.1. The predicted molar refractivity (Wildman–Crippen MR) is 109 cm³/mol. The van der Waals surface area contributed by atoms with Crippen molar-refractivity contribution in [1.29, 1.82) is 0 Å². The third kappa shape index (κ3) is 3.46. The Balaban J connectivity index is 2.07. The van der Waals surface area contributed by atoms with Gasteiger partial charge in [0.15, 0.2) is 17.3 Å². The number of carboxylic acid groups (broad SMARTS) is 1. The highest BCUT2D eigenvalue weighted by atomic mass is 19.1. The molecular weight excluding hydrogens is 415 g/mol. The van der Waals surface area contributed by atoms with Gasteiger partial charge >= 0.3 is 5.97 Å². The molecule has 11 heteroatoms. The summed E-state index contributed by atoms with van der Waals surface area (Å²) in [5.41, 5.74) is 3.72. The number of fused-ring (bicyclic) bond motifs is 1. The first-order valence-corrected chi connectivity index (χ1v) is 9.38. The van der Waals surface area contributed by atoms with E-state index in [4.69, 9.17) is 5.73 Å². The first-order chi connectivity index (χ1) is 14.7. The van der Waals surface area contributed by atoms with Crippen molar-refractivity contribution in [3.63, 3.8) is 0 Å². The zero-order valence-corrected chi connectivity index (χ0v) is 16.3. The van der Waals surface area contributed by atoms with E-state index in [0.29, 0.717) is 25.6 Å². The molecule has 1 aliphatic heterocycles. The van der Waals surface area contributed by atoms with Crippen LogP contribution in [0, 0.1) is 17.5 Å². The van der Waals surface area contributed by atoms with Crippen LogP contribution in [0.5, 0.6) is 0 Å². The second-order valence-corrected chi connectivity index (χ2v) is 7.24. The molecule has 0 saturated carbocycles. The maximum absolute atomic E-state index is 14.8. The normalized spacial score (nSPS) is 16.2. The quantitative estimate of drug-likeness (QED) is 0.577. The zero-order chi connectivity index (χ0) is 22.4. The van der Waals surface area contributed by atoms with Crippen molar-refractivity contribution in [2.24, 2.45) is 5.73 Å². The van der Waals surface area contributed by atoms with Crippen LogP contribution in [0.4, 0.5) is 24.7 Å². The van der Waals surface area contributed by atoms with Crippen molar-refractivity contribution in [2.45, 2.75) is 12.5 Å². The predicted octanol–water partition coefficient (Wildman–Crippen LogP) is 2.08. The van der Waals surface area contributed by atoms with E-state index in [-0.39, 0.29) is 34.3 Å². The molecule has 0 spiro atoms. The number of aromatic carboxylic acids is 1. The lowest BCUT2D eigenvalue weighted by Crippen LogP contribution is -2.28. The molecule has 0 amide bonds. The summed E-state index contributed by atoms with van der Waals surface area (Å²) in [6.07, 6.45) is 1.51. The van der Waals surface area contributed by atoms with Gasteiger partial charge in [-0.3, -0.25) is 9.36 Å². The number of benzene rings is 1. The number of rotatable bonds is 4. The molecule has 1 fully saturated rings. The van der Waals surface area contributed by atoms with E-state index >= 15 is 0 Å². The number of halogens is 3. The van der Waals surface area contributed by atoms with E-state index in [9.17, 15) is 27.9 Å². The van der Waals surface area contributed by atoms with E-state index in [1.165, 1.54) is 7.05 Å².